The average Bonchev–Trinajstić information content (AvgIpc) is 3.07. The predicted molar refractivity (Wildman–Crippen MR) is 78.1 cm³/mol. The number of hydrogen-bond donors (Lipinski definition) is 3. The van der Waals surface area contributed by atoms with Crippen LogP contribution < -0.4 is 0 Å². The predicted octanol–water partition coefficient (Wildman–Crippen LogP) is 2.25. The maximum atomic E-state index is 11.1. The highest BCUT2D eigenvalue weighted by atomic mass is 16.3. The van der Waals surface area contributed by atoms with Crippen LogP contribution in [0.5, 0.6) is 0 Å². The van der Waals surface area contributed by atoms with Crippen LogP contribution in [0.2, 0.25) is 0 Å². The lowest BCUT2D eigenvalue weighted by atomic mass is 9.73. The maximum absolute atomic E-state index is 11.1. The summed E-state index contributed by atoms with van der Waals surface area (Å²) in [5.74, 6) is 0.500. The van der Waals surface area contributed by atoms with E-state index in [1.807, 2.05) is 20.8 Å². The van der Waals surface area contributed by atoms with Gasteiger partial charge < -0.3 is 15.3 Å². The lowest BCUT2D eigenvalue weighted by Gasteiger charge is -2.38. The number of aliphatic hydroxyl groups is 3. The summed E-state index contributed by atoms with van der Waals surface area (Å²) in [6, 6.07) is 0. The maximum Gasteiger partial charge on any atom is 0.0686 e. The van der Waals surface area contributed by atoms with E-state index in [2.05, 4.69) is 12.2 Å². The van der Waals surface area contributed by atoms with E-state index in [-0.39, 0.29) is 23.7 Å². The molecule has 20 heavy (non-hydrogen) atoms. The standard InChI is InChI=1S/C17H28O3/c1-15(18)8-5-4-6-11-12(7-9-16(11,2)19)17(3,20)14-10-13(14)15/h4,6,11-14,18-20H,5,7-10H2,1-3H3. The smallest absolute Gasteiger partial charge is 0.0686 e. The van der Waals surface area contributed by atoms with Gasteiger partial charge in [-0.2, -0.15) is 0 Å². The summed E-state index contributed by atoms with van der Waals surface area (Å²) in [4.78, 5) is 0. The topological polar surface area (TPSA) is 60.7 Å². The molecule has 3 rings (SSSR count). The fraction of sp³-hybridized carbons (Fsp3) is 0.882. The first-order valence-electron chi connectivity index (χ1n) is 8.00. The van der Waals surface area contributed by atoms with Crippen molar-refractivity contribution in [2.45, 2.75) is 69.7 Å². The van der Waals surface area contributed by atoms with Crippen LogP contribution in [0.1, 0.15) is 52.9 Å². The van der Waals surface area contributed by atoms with E-state index in [1.54, 1.807) is 0 Å². The molecular weight excluding hydrogens is 252 g/mol. The number of fused-ring (bicyclic) bond motifs is 2. The van der Waals surface area contributed by atoms with Gasteiger partial charge >= 0.3 is 0 Å². The monoisotopic (exact) mass is 280 g/mol. The van der Waals surface area contributed by atoms with Crippen molar-refractivity contribution in [3.05, 3.63) is 12.2 Å². The van der Waals surface area contributed by atoms with Crippen molar-refractivity contribution in [2.75, 3.05) is 0 Å². The van der Waals surface area contributed by atoms with Crippen LogP contribution >= 0.6 is 0 Å². The van der Waals surface area contributed by atoms with E-state index in [0.717, 1.165) is 32.1 Å². The summed E-state index contributed by atoms with van der Waals surface area (Å²) in [5.41, 5.74) is -2.17. The molecule has 0 bridgehead atoms. The van der Waals surface area contributed by atoms with Crippen molar-refractivity contribution in [1.82, 2.24) is 0 Å². The summed E-state index contributed by atoms with van der Waals surface area (Å²) < 4.78 is 0. The Balaban J connectivity index is 1.95. The lowest BCUT2D eigenvalue weighted by molar-refractivity contribution is -0.0723. The summed E-state index contributed by atoms with van der Waals surface area (Å²) in [6.07, 6.45) is 8.27. The minimum atomic E-state index is -0.790. The van der Waals surface area contributed by atoms with Gasteiger partial charge in [-0.1, -0.05) is 12.2 Å². The third kappa shape index (κ3) is 2.15. The van der Waals surface area contributed by atoms with Crippen LogP contribution in [0.4, 0.5) is 0 Å². The first-order valence-corrected chi connectivity index (χ1v) is 8.00. The van der Waals surface area contributed by atoms with Crippen LogP contribution in [0.3, 0.4) is 0 Å². The van der Waals surface area contributed by atoms with Gasteiger partial charge in [0.25, 0.3) is 0 Å². The van der Waals surface area contributed by atoms with E-state index in [0.29, 0.717) is 0 Å². The fourth-order valence-electron chi connectivity index (χ4n) is 4.83. The van der Waals surface area contributed by atoms with E-state index < -0.39 is 16.8 Å². The molecule has 3 N–H and O–H groups in total. The van der Waals surface area contributed by atoms with Crippen molar-refractivity contribution < 1.29 is 15.3 Å². The molecule has 3 aliphatic carbocycles. The van der Waals surface area contributed by atoms with Gasteiger partial charge in [0.15, 0.2) is 0 Å². The van der Waals surface area contributed by atoms with E-state index in [4.69, 9.17) is 0 Å². The zero-order valence-corrected chi connectivity index (χ0v) is 12.8. The van der Waals surface area contributed by atoms with Crippen LogP contribution in [0.15, 0.2) is 12.2 Å². The molecule has 2 fully saturated rings. The van der Waals surface area contributed by atoms with Gasteiger partial charge in [-0.25, -0.2) is 0 Å². The largest absolute Gasteiger partial charge is 0.390 e. The third-order valence-corrected chi connectivity index (χ3v) is 6.36. The molecule has 3 nitrogen and oxygen atoms in total. The Bertz CT molecular complexity index is 422. The highest BCUT2D eigenvalue weighted by Gasteiger charge is 2.62. The SMILES string of the molecule is CC1(O)CCC2C1C=CCCC(C)(O)C1CC1C2(C)O. The molecule has 0 aliphatic heterocycles. The summed E-state index contributed by atoms with van der Waals surface area (Å²) in [6.45, 7) is 5.72. The van der Waals surface area contributed by atoms with Crippen LogP contribution in [-0.4, -0.2) is 32.1 Å². The van der Waals surface area contributed by atoms with Gasteiger partial charge in [-0.3, -0.25) is 0 Å². The van der Waals surface area contributed by atoms with Crippen LogP contribution in [0.25, 0.3) is 0 Å². The normalized spacial score (nSPS) is 58.9. The molecule has 0 heterocycles. The minimum Gasteiger partial charge on any atom is -0.390 e. The molecule has 7 unspecified atom stereocenters. The molecule has 0 aromatic rings. The Morgan fingerprint density at radius 1 is 0.900 bits per heavy atom. The molecule has 3 aliphatic rings. The molecule has 0 saturated heterocycles. The van der Waals surface area contributed by atoms with Gasteiger partial charge in [-0.15, -0.1) is 0 Å². The minimum absolute atomic E-state index is 0.0294. The molecule has 3 heteroatoms. The van der Waals surface area contributed by atoms with Crippen molar-refractivity contribution in [1.29, 1.82) is 0 Å². The van der Waals surface area contributed by atoms with Gasteiger partial charge in [0.05, 0.1) is 16.8 Å². The second-order valence-electron chi connectivity index (χ2n) is 8.03. The number of rotatable bonds is 0. The van der Waals surface area contributed by atoms with Gasteiger partial charge in [-0.05, 0) is 70.6 Å². The Labute approximate surface area is 121 Å². The second-order valence-corrected chi connectivity index (χ2v) is 8.03. The molecular formula is C17H28O3. The summed E-state index contributed by atoms with van der Waals surface area (Å²) in [7, 11) is 0. The van der Waals surface area contributed by atoms with Gasteiger partial charge in [0.2, 0.25) is 0 Å². The van der Waals surface area contributed by atoms with Crippen LogP contribution in [-0.2, 0) is 0 Å². The first kappa shape index (κ1) is 14.6. The Morgan fingerprint density at radius 2 is 1.60 bits per heavy atom. The van der Waals surface area contributed by atoms with Crippen molar-refractivity contribution in [3.8, 4) is 0 Å². The summed E-state index contributed by atoms with van der Waals surface area (Å²) >= 11 is 0. The average molecular weight is 280 g/mol. The van der Waals surface area contributed by atoms with Crippen molar-refractivity contribution in [2.24, 2.45) is 23.7 Å². The van der Waals surface area contributed by atoms with E-state index in [1.165, 1.54) is 0 Å². The Kier molecular flexibility index (Phi) is 3.14. The lowest BCUT2D eigenvalue weighted by Crippen LogP contribution is -2.45. The third-order valence-electron chi connectivity index (χ3n) is 6.36. The van der Waals surface area contributed by atoms with Gasteiger partial charge in [0, 0.05) is 5.92 Å². The molecule has 0 radical (unpaired) electrons. The Hall–Kier alpha value is -0.380. The molecule has 0 spiro atoms. The zero-order chi connectivity index (χ0) is 14.8. The van der Waals surface area contributed by atoms with E-state index >= 15 is 0 Å². The Morgan fingerprint density at radius 3 is 2.30 bits per heavy atom. The van der Waals surface area contributed by atoms with Crippen LogP contribution in [0, 0.1) is 23.7 Å². The van der Waals surface area contributed by atoms with E-state index in [9.17, 15) is 15.3 Å². The fourth-order valence-corrected chi connectivity index (χ4v) is 4.83. The second kappa shape index (κ2) is 4.31. The highest BCUT2D eigenvalue weighted by Crippen LogP contribution is 2.60. The molecule has 7 atom stereocenters. The highest BCUT2D eigenvalue weighted by molar-refractivity contribution is 5.16. The van der Waals surface area contributed by atoms with Crippen molar-refractivity contribution in [3.63, 3.8) is 0 Å². The summed E-state index contributed by atoms with van der Waals surface area (Å²) in [5, 5.41) is 32.3. The molecule has 0 amide bonds. The molecule has 2 saturated carbocycles. The van der Waals surface area contributed by atoms with Crippen molar-refractivity contribution >= 4 is 0 Å². The zero-order valence-electron chi connectivity index (χ0n) is 12.8. The first-order chi connectivity index (χ1) is 9.16. The number of allylic oxidation sites excluding steroid dienone is 1. The van der Waals surface area contributed by atoms with Gasteiger partial charge in [0.1, 0.15) is 0 Å². The molecule has 114 valence electrons. The number of hydrogen-bond acceptors (Lipinski definition) is 3. The molecule has 0 aromatic carbocycles. The molecule has 0 aromatic heterocycles. The quantitative estimate of drug-likeness (QED) is 0.596.